The van der Waals surface area contributed by atoms with E-state index in [9.17, 15) is 18.0 Å². The monoisotopic (exact) mass is 477 g/mol. The number of amides is 2. The quantitative estimate of drug-likeness (QED) is 0.702. The fourth-order valence-corrected chi connectivity index (χ4v) is 5.96. The minimum Gasteiger partial charge on any atom is -0.482 e. The van der Waals surface area contributed by atoms with Gasteiger partial charge in [-0.1, -0.05) is 23.7 Å². The molecule has 2 aromatic rings. The van der Waals surface area contributed by atoms with E-state index in [1.54, 1.807) is 0 Å². The van der Waals surface area contributed by atoms with E-state index >= 15 is 0 Å². The van der Waals surface area contributed by atoms with Crippen molar-refractivity contribution in [2.75, 3.05) is 30.3 Å². The zero-order valence-corrected chi connectivity index (χ0v) is 19.3. The van der Waals surface area contributed by atoms with Gasteiger partial charge in [-0.3, -0.25) is 9.59 Å². The number of carbonyl (C=O) groups is 2. The van der Waals surface area contributed by atoms with Gasteiger partial charge in [-0.25, -0.2) is 8.42 Å². The molecule has 2 aromatic carbocycles. The third-order valence-electron chi connectivity index (χ3n) is 5.90. The Morgan fingerprint density at radius 1 is 1.28 bits per heavy atom. The summed E-state index contributed by atoms with van der Waals surface area (Å²) in [5.41, 5.74) is 3.10. The molecule has 2 aliphatic rings. The van der Waals surface area contributed by atoms with Gasteiger partial charge < -0.3 is 15.4 Å². The van der Waals surface area contributed by atoms with E-state index < -0.39 is 15.9 Å². The van der Waals surface area contributed by atoms with Crippen LogP contribution in [0.3, 0.4) is 0 Å². The number of benzene rings is 2. The second-order valence-electron chi connectivity index (χ2n) is 8.05. The zero-order valence-electron chi connectivity index (χ0n) is 17.8. The second kappa shape index (κ2) is 8.73. The van der Waals surface area contributed by atoms with Gasteiger partial charge in [-0.2, -0.15) is 4.31 Å². The van der Waals surface area contributed by atoms with Gasteiger partial charge in [-0.05, 0) is 49.9 Å². The van der Waals surface area contributed by atoms with E-state index in [4.69, 9.17) is 16.3 Å². The van der Waals surface area contributed by atoms with Crippen LogP contribution in [0.25, 0.3) is 0 Å². The lowest BCUT2D eigenvalue weighted by molar-refractivity contribution is -0.121. The van der Waals surface area contributed by atoms with E-state index in [-0.39, 0.29) is 40.6 Å². The first-order chi connectivity index (χ1) is 15.2. The number of ether oxygens (including phenoxy) is 1. The lowest BCUT2D eigenvalue weighted by Gasteiger charge is -2.32. The van der Waals surface area contributed by atoms with Gasteiger partial charge in [0, 0.05) is 24.8 Å². The Bertz CT molecular complexity index is 1200. The van der Waals surface area contributed by atoms with Crippen molar-refractivity contribution in [1.82, 2.24) is 4.31 Å². The van der Waals surface area contributed by atoms with Gasteiger partial charge in [0.15, 0.2) is 6.61 Å². The molecule has 4 rings (SSSR count). The summed E-state index contributed by atoms with van der Waals surface area (Å²) >= 11 is 6.26. The molecular weight excluding hydrogens is 454 g/mol. The fourth-order valence-electron chi connectivity index (χ4n) is 3.91. The number of sulfonamides is 1. The van der Waals surface area contributed by atoms with Gasteiger partial charge >= 0.3 is 0 Å². The first kappa shape index (κ1) is 22.6. The Balaban J connectivity index is 1.54. The predicted molar refractivity (Wildman–Crippen MR) is 122 cm³/mol. The molecule has 170 valence electrons. The van der Waals surface area contributed by atoms with E-state index in [0.717, 1.165) is 16.8 Å². The van der Waals surface area contributed by atoms with Crippen LogP contribution in [0, 0.1) is 19.8 Å². The van der Waals surface area contributed by atoms with Crippen molar-refractivity contribution in [3.63, 3.8) is 0 Å². The maximum absolute atomic E-state index is 13.4. The smallest absolute Gasteiger partial charge is 0.262 e. The van der Waals surface area contributed by atoms with Crippen LogP contribution in [0.4, 0.5) is 11.4 Å². The summed E-state index contributed by atoms with van der Waals surface area (Å²) in [6, 6.07) is 8.38. The van der Waals surface area contributed by atoms with Crippen molar-refractivity contribution in [3.8, 4) is 5.75 Å². The van der Waals surface area contributed by atoms with Crippen LogP contribution in [-0.2, 0) is 19.6 Å². The average molecular weight is 478 g/mol. The fraction of sp³-hybridized carbons (Fsp3) is 0.364. The van der Waals surface area contributed by atoms with Gasteiger partial charge in [0.2, 0.25) is 15.9 Å². The average Bonchev–Trinajstić information content (AvgIpc) is 2.76. The number of carbonyl (C=O) groups excluding carboxylic acids is 2. The summed E-state index contributed by atoms with van der Waals surface area (Å²) in [4.78, 5) is 24.3. The maximum Gasteiger partial charge on any atom is 0.262 e. The number of piperidine rings is 1. The molecule has 2 heterocycles. The van der Waals surface area contributed by atoms with E-state index in [2.05, 4.69) is 10.6 Å². The Labute approximate surface area is 191 Å². The number of nitrogens with zero attached hydrogens (tertiary/aromatic N) is 1. The molecule has 1 atom stereocenters. The summed E-state index contributed by atoms with van der Waals surface area (Å²) in [5.74, 6) is -0.779. The first-order valence-electron chi connectivity index (χ1n) is 10.3. The molecule has 1 saturated heterocycles. The molecule has 0 aliphatic carbocycles. The molecule has 10 heteroatoms. The van der Waals surface area contributed by atoms with Crippen LogP contribution in [0.2, 0.25) is 5.02 Å². The van der Waals surface area contributed by atoms with Crippen LogP contribution >= 0.6 is 11.6 Å². The minimum atomic E-state index is -3.97. The maximum atomic E-state index is 13.4. The standard InChI is InChI=1S/C22H24ClN3O5S/c1-13-5-3-7-17(14(13)2)25-22(28)15-6-4-8-26(11-15)32(29,30)20-10-19-18(9-16(20)23)24-21(27)12-31-19/h3,5,7,9-10,15H,4,6,8,11-12H2,1-2H3,(H,24,27)(H,25,28)/t15-/m1/s1. The van der Waals surface area contributed by atoms with Crippen LogP contribution in [0.1, 0.15) is 24.0 Å². The second-order valence-corrected chi connectivity index (χ2v) is 10.4. The van der Waals surface area contributed by atoms with Crippen molar-refractivity contribution < 1.29 is 22.7 Å². The van der Waals surface area contributed by atoms with Crippen LogP contribution in [0.5, 0.6) is 5.75 Å². The SMILES string of the molecule is Cc1cccc(NC(=O)[C@@H]2CCCN(S(=O)(=O)c3cc4c(cc3Cl)NC(=O)CO4)C2)c1C. The Kier molecular flexibility index (Phi) is 6.15. The predicted octanol–water partition coefficient (Wildman–Crippen LogP) is 3.33. The number of nitrogens with one attached hydrogen (secondary N) is 2. The summed E-state index contributed by atoms with van der Waals surface area (Å²) in [5, 5.41) is 5.53. The van der Waals surface area contributed by atoms with Crippen molar-refractivity contribution >= 4 is 44.8 Å². The van der Waals surface area contributed by atoms with Crippen LogP contribution < -0.4 is 15.4 Å². The number of fused-ring (bicyclic) bond motifs is 1. The number of hydrogen-bond acceptors (Lipinski definition) is 5. The van der Waals surface area contributed by atoms with Gasteiger partial charge in [0.25, 0.3) is 5.91 Å². The number of anilines is 2. The molecule has 0 bridgehead atoms. The van der Waals surface area contributed by atoms with E-state index in [0.29, 0.717) is 25.1 Å². The number of hydrogen-bond donors (Lipinski definition) is 2. The molecule has 0 unspecified atom stereocenters. The number of aryl methyl sites for hydroxylation is 1. The molecule has 2 N–H and O–H groups in total. The van der Waals surface area contributed by atoms with Gasteiger partial charge in [-0.15, -0.1) is 0 Å². The van der Waals surface area contributed by atoms with Gasteiger partial charge in [0.1, 0.15) is 10.6 Å². The number of halogens is 1. The van der Waals surface area contributed by atoms with Crippen LogP contribution in [0.15, 0.2) is 35.2 Å². The summed E-state index contributed by atoms with van der Waals surface area (Å²) in [6.45, 7) is 4.06. The summed E-state index contributed by atoms with van der Waals surface area (Å²) in [6.07, 6.45) is 1.15. The summed E-state index contributed by atoms with van der Waals surface area (Å²) < 4.78 is 33.3. The Morgan fingerprint density at radius 2 is 2.06 bits per heavy atom. The minimum absolute atomic E-state index is 0.0171. The molecule has 1 fully saturated rings. The molecule has 0 saturated carbocycles. The highest BCUT2D eigenvalue weighted by atomic mass is 35.5. The Hall–Kier alpha value is -2.62. The third kappa shape index (κ3) is 4.32. The molecule has 0 radical (unpaired) electrons. The topological polar surface area (TPSA) is 105 Å². The molecule has 2 aliphatic heterocycles. The lowest BCUT2D eigenvalue weighted by Crippen LogP contribution is -2.43. The first-order valence-corrected chi connectivity index (χ1v) is 12.1. The molecule has 0 spiro atoms. The lowest BCUT2D eigenvalue weighted by atomic mass is 9.98. The Morgan fingerprint density at radius 3 is 2.84 bits per heavy atom. The zero-order chi connectivity index (χ0) is 23.0. The normalized spacial score (nSPS) is 19.0. The highest BCUT2D eigenvalue weighted by molar-refractivity contribution is 7.89. The largest absolute Gasteiger partial charge is 0.482 e. The molecule has 0 aromatic heterocycles. The molecule has 32 heavy (non-hydrogen) atoms. The van der Waals surface area contributed by atoms with Crippen molar-refractivity contribution in [2.24, 2.45) is 5.92 Å². The van der Waals surface area contributed by atoms with E-state index in [1.807, 2.05) is 32.0 Å². The molecule has 8 nitrogen and oxygen atoms in total. The van der Waals surface area contributed by atoms with Crippen molar-refractivity contribution in [3.05, 3.63) is 46.5 Å². The van der Waals surface area contributed by atoms with E-state index in [1.165, 1.54) is 16.4 Å². The van der Waals surface area contributed by atoms with Crippen molar-refractivity contribution in [1.29, 1.82) is 0 Å². The summed E-state index contributed by atoms with van der Waals surface area (Å²) in [7, 11) is -3.97. The molecule has 2 amide bonds. The highest BCUT2D eigenvalue weighted by Crippen LogP contribution is 2.37. The van der Waals surface area contributed by atoms with Crippen LogP contribution in [-0.4, -0.2) is 44.2 Å². The highest BCUT2D eigenvalue weighted by Gasteiger charge is 2.35. The molecular formula is C22H24ClN3O5S. The number of rotatable bonds is 4. The van der Waals surface area contributed by atoms with Crippen molar-refractivity contribution in [2.45, 2.75) is 31.6 Å². The van der Waals surface area contributed by atoms with Gasteiger partial charge in [0.05, 0.1) is 16.6 Å². The third-order valence-corrected chi connectivity index (χ3v) is 8.23.